The first-order valence-electron chi connectivity index (χ1n) is 7.75. The Bertz CT molecular complexity index is 244. The highest BCUT2D eigenvalue weighted by atomic mass is 16.5. The Morgan fingerprint density at radius 3 is 2.16 bits per heavy atom. The molecular weight excluding hydrogens is 236 g/mol. The molecule has 0 aliphatic carbocycles. The molecule has 0 aliphatic rings. The van der Waals surface area contributed by atoms with Crippen LogP contribution in [0.3, 0.4) is 0 Å². The lowest BCUT2D eigenvalue weighted by Gasteiger charge is -2.02. The molecule has 110 valence electrons. The first kappa shape index (κ1) is 17.9. The van der Waals surface area contributed by atoms with E-state index in [4.69, 9.17) is 4.74 Å². The molecule has 0 amide bonds. The maximum Gasteiger partial charge on any atom is 0.330 e. The topological polar surface area (TPSA) is 26.3 Å². The highest BCUT2D eigenvalue weighted by molar-refractivity contribution is 5.81. The van der Waals surface area contributed by atoms with E-state index in [0.29, 0.717) is 6.61 Å². The summed E-state index contributed by atoms with van der Waals surface area (Å²) in [6.07, 6.45) is 18.2. The van der Waals surface area contributed by atoms with Gasteiger partial charge < -0.3 is 4.74 Å². The van der Waals surface area contributed by atoms with Crippen molar-refractivity contribution in [1.29, 1.82) is 0 Å². The van der Waals surface area contributed by atoms with Gasteiger partial charge in [0.05, 0.1) is 6.61 Å². The van der Waals surface area contributed by atoms with Crippen molar-refractivity contribution in [2.75, 3.05) is 6.61 Å². The van der Waals surface area contributed by atoms with Crippen molar-refractivity contribution < 1.29 is 9.53 Å². The molecule has 0 bridgehead atoms. The maximum atomic E-state index is 10.8. The van der Waals surface area contributed by atoms with Gasteiger partial charge in [0.15, 0.2) is 0 Å². The van der Waals surface area contributed by atoms with Gasteiger partial charge in [0.25, 0.3) is 0 Å². The minimum atomic E-state index is -0.310. The molecule has 0 aromatic heterocycles. The van der Waals surface area contributed by atoms with Crippen LogP contribution in [0.4, 0.5) is 0 Å². The van der Waals surface area contributed by atoms with Crippen molar-refractivity contribution in [3.05, 3.63) is 24.8 Å². The van der Waals surface area contributed by atoms with Crippen molar-refractivity contribution in [2.45, 2.75) is 71.1 Å². The van der Waals surface area contributed by atoms with Gasteiger partial charge >= 0.3 is 5.97 Å². The van der Waals surface area contributed by atoms with Crippen LogP contribution in [-0.4, -0.2) is 12.6 Å². The van der Waals surface area contributed by atoms with Gasteiger partial charge in [-0.25, -0.2) is 4.79 Å². The summed E-state index contributed by atoms with van der Waals surface area (Å²) >= 11 is 0. The van der Waals surface area contributed by atoms with E-state index in [2.05, 4.69) is 25.7 Å². The molecule has 0 N–H and O–H groups in total. The van der Waals surface area contributed by atoms with Gasteiger partial charge in [-0.05, 0) is 25.7 Å². The monoisotopic (exact) mass is 266 g/mol. The van der Waals surface area contributed by atoms with Gasteiger partial charge in [0.2, 0.25) is 0 Å². The molecule has 2 heteroatoms. The molecule has 0 radical (unpaired) electrons. The molecule has 0 aliphatic heterocycles. The molecule has 0 unspecified atom stereocenters. The van der Waals surface area contributed by atoms with E-state index < -0.39 is 0 Å². The molecule has 0 atom stereocenters. The summed E-state index contributed by atoms with van der Waals surface area (Å²) in [5.41, 5.74) is 0. The number of allylic oxidation sites excluding steroid dienone is 2. The molecule has 0 heterocycles. The average molecular weight is 266 g/mol. The number of hydrogen-bond acceptors (Lipinski definition) is 2. The van der Waals surface area contributed by atoms with E-state index in [9.17, 15) is 4.79 Å². The first-order valence-corrected chi connectivity index (χ1v) is 7.75. The summed E-state index contributed by atoms with van der Waals surface area (Å²) < 4.78 is 4.92. The normalized spacial score (nSPS) is 10.8. The van der Waals surface area contributed by atoms with Gasteiger partial charge in [-0.2, -0.15) is 0 Å². The zero-order valence-electron chi connectivity index (χ0n) is 12.5. The predicted molar refractivity (Wildman–Crippen MR) is 82.1 cm³/mol. The number of unbranched alkanes of at least 4 members (excludes halogenated alkanes) is 8. The summed E-state index contributed by atoms with van der Waals surface area (Å²) in [5.74, 6) is -0.310. The van der Waals surface area contributed by atoms with Crippen LogP contribution in [-0.2, 0) is 9.53 Å². The molecule has 2 nitrogen and oxygen atoms in total. The number of hydrogen-bond donors (Lipinski definition) is 0. The van der Waals surface area contributed by atoms with Crippen molar-refractivity contribution in [3.63, 3.8) is 0 Å². The Morgan fingerprint density at radius 2 is 1.53 bits per heavy atom. The fourth-order valence-electron chi connectivity index (χ4n) is 1.86. The fourth-order valence-corrected chi connectivity index (χ4v) is 1.86. The summed E-state index contributed by atoms with van der Waals surface area (Å²) in [4.78, 5) is 10.8. The fraction of sp³-hybridized carbons (Fsp3) is 0.706. The van der Waals surface area contributed by atoms with Gasteiger partial charge in [0, 0.05) is 6.08 Å². The third-order valence-electron chi connectivity index (χ3n) is 3.07. The zero-order valence-corrected chi connectivity index (χ0v) is 12.5. The van der Waals surface area contributed by atoms with Crippen LogP contribution in [0.2, 0.25) is 0 Å². The lowest BCUT2D eigenvalue weighted by atomic mass is 10.1. The molecule has 0 rings (SSSR count). The Balaban J connectivity index is 3.08. The van der Waals surface area contributed by atoms with Gasteiger partial charge in [-0.15, -0.1) is 0 Å². The average Bonchev–Trinajstić information content (AvgIpc) is 2.43. The van der Waals surface area contributed by atoms with E-state index in [1.165, 1.54) is 57.4 Å². The second-order valence-corrected chi connectivity index (χ2v) is 4.90. The molecule has 0 aromatic carbocycles. The minimum Gasteiger partial charge on any atom is -0.463 e. The van der Waals surface area contributed by atoms with Crippen LogP contribution < -0.4 is 0 Å². The highest BCUT2D eigenvalue weighted by Crippen LogP contribution is 2.08. The number of ether oxygens (including phenoxy) is 1. The van der Waals surface area contributed by atoms with Crippen molar-refractivity contribution in [1.82, 2.24) is 0 Å². The molecule has 0 aromatic rings. The third kappa shape index (κ3) is 14.9. The van der Waals surface area contributed by atoms with E-state index in [-0.39, 0.29) is 5.97 Å². The summed E-state index contributed by atoms with van der Waals surface area (Å²) in [6, 6.07) is 0. The quantitative estimate of drug-likeness (QED) is 0.198. The van der Waals surface area contributed by atoms with Crippen LogP contribution in [0.5, 0.6) is 0 Å². The highest BCUT2D eigenvalue weighted by Gasteiger charge is 1.95. The number of carbonyl (C=O) groups is 1. The summed E-state index contributed by atoms with van der Waals surface area (Å²) in [5, 5.41) is 0. The number of carbonyl (C=O) groups excluding carboxylic acids is 1. The molecule has 0 saturated carbocycles. The second kappa shape index (κ2) is 15.0. The van der Waals surface area contributed by atoms with Crippen molar-refractivity contribution in [3.8, 4) is 0 Å². The van der Waals surface area contributed by atoms with Crippen LogP contribution in [0.15, 0.2) is 24.8 Å². The SMILES string of the molecule is C=CC(=O)OCCCCCCCCC=CCCCC. The Labute approximate surface area is 118 Å². The van der Waals surface area contributed by atoms with Crippen LogP contribution >= 0.6 is 0 Å². The minimum absolute atomic E-state index is 0.310. The lowest BCUT2D eigenvalue weighted by Crippen LogP contribution is -2.01. The molecular formula is C17H30O2. The second-order valence-electron chi connectivity index (χ2n) is 4.90. The summed E-state index contributed by atoms with van der Waals surface area (Å²) in [7, 11) is 0. The standard InChI is InChI=1S/C17H30O2/c1-3-5-6-7-8-9-10-11-12-13-14-15-16-19-17(18)4-2/h4,7-8H,2-3,5-6,9-16H2,1H3. The molecule has 0 fully saturated rings. The van der Waals surface area contributed by atoms with Gasteiger partial charge in [-0.3, -0.25) is 0 Å². The van der Waals surface area contributed by atoms with Gasteiger partial charge in [0.1, 0.15) is 0 Å². The van der Waals surface area contributed by atoms with Crippen molar-refractivity contribution in [2.24, 2.45) is 0 Å². The van der Waals surface area contributed by atoms with E-state index in [1.54, 1.807) is 0 Å². The van der Waals surface area contributed by atoms with Crippen LogP contribution in [0, 0.1) is 0 Å². The van der Waals surface area contributed by atoms with E-state index in [1.807, 2.05) is 0 Å². The largest absolute Gasteiger partial charge is 0.463 e. The van der Waals surface area contributed by atoms with Crippen LogP contribution in [0.1, 0.15) is 71.1 Å². The predicted octanol–water partition coefficient (Wildman–Crippen LogP) is 5.19. The molecule has 0 spiro atoms. The maximum absolute atomic E-state index is 10.8. The smallest absolute Gasteiger partial charge is 0.330 e. The zero-order chi connectivity index (χ0) is 14.2. The number of esters is 1. The molecule has 0 saturated heterocycles. The van der Waals surface area contributed by atoms with E-state index >= 15 is 0 Å². The van der Waals surface area contributed by atoms with Gasteiger partial charge in [-0.1, -0.05) is 64.2 Å². The third-order valence-corrected chi connectivity index (χ3v) is 3.07. The van der Waals surface area contributed by atoms with Crippen LogP contribution in [0.25, 0.3) is 0 Å². The number of rotatable bonds is 13. The molecule has 19 heavy (non-hydrogen) atoms. The Kier molecular flexibility index (Phi) is 14.2. The Hall–Kier alpha value is -1.05. The van der Waals surface area contributed by atoms with Crippen molar-refractivity contribution >= 4 is 5.97 Å². The van der Waals surface area contributed by atoms with E-state index in [0.717, 1.165) is 12.8 Å². The summed E-state index contributed by atoms with van der Waals surface area (Å²) in [6.45, 7) is 6.12. The first-order chi connectivity index (χ1) is 9.31. The lowest BCUT2D eigenvalue weighted by molar-refractivity contribution is -0.137. The Morgan fingerprint density at radius 1 is 0.947 bits per heavy atom.